The maximum Gasteiger partial charge on any atom is 0.292 e. The van der Waals surface area contributed by atoms with Crippen LogP contribution in [0.1, 0.15) is 26.2 Å². The summed E-state index contributed by atoms with van der Waals surface area (Å²) >= 11 is 0. The Bertz CT molecular complexity index is 472. The zero-order valence-electron chi connectivity index (χ0n) is 11.8. The maximum absolute atomic E-state index is 10.7. The number of nitro benzene ring substituents is 1. The fourth-order valence-corrected chi connectivity index (χ4v) is 2.58. The smallest absolute Gasteiger partial charge is 0.292 e. The quantitative estimate of drug-likeness (QED) is 0.491. The zero-order valence-corrected chi connectivity index (χ0v) is 11.8. The molecule has 1 aliphatic heterocycles. The van der Waals surface area contributed by atoms with Gasteiger partial charge in [0.15, 0.2) is 0 Å². The number of nitrogens with two attached hydrogens (primary N) is 1. The largest absolute Gasteiger partial charge is 0.393 e. The van der Waals surface area contributed by atoms with E-state index in [0.29, 0.717) is 6.04 Å². The number of likely N-dealkylation sites (tertiary alicyclic amines) is 1. The van der Waals surface area contributed by atoms with Crippen LogP contribution < -0.4 is 11.1 Å². The van der Waals surface area contributed by atoms with Gasteiger partial charge in [0.2, 0.25) is 0 Å². The Balaban J connectivity index is 1.90. The first-order valence-electron chi connectivity index (χ1n) is 7.10. The molecule has 6 nitrogen and oxygen atoms in total. The molecular formula is C14H22N4O2. The van der Waals surface area contributed by atoms with E-state index in [1.807, 2.05) is 0 Å². The summed E-state index contributed by atoms with van der Waals surface area (Å²) in [6.07, 6.45) is 3.87. The molecule has 1 unspecified atom stereocenters. The van der Waals surface area contributed by atoms with Crippen LogP contribution in [-0.4, -0.2) is 35.5 Å². The zero-order chi connectivity index (χ0) is 14.5. The minimum atomic E-state index is -0.463. The van der Waals surface area contributed by atoms with Crippen molar-refractivity contribution in [2.45, 2.75) is 32.2 Å². The van der Waals surface area contributed by atoms with Gasteiger partial charge in [-0.2, -0.15) is 0 Å². The predicted octanol–water partition coefficient (Wildman–Crippen LogP) is 2.46. The Labute approximate surface area is 119 Å². The Kier molecular flexibility index (Phi) is 4.79. The highest BCUT2D eigenvalue weighted by molar-refractivity contribution is 5.65. The van der Waals surface area contributed by atoms with E-state index in [0.717, 1.165) is 25.3 Å². The van der Waals surface area contributed by atoms with Crippen molar-refractivity contribution in [2.24, 2.45) is 0 Å². The van der Waals surface area contributed by atoms with Crippen molar-refractivity contribution in [1.82, 2.24) is 4.90 Å². The molecule has 1 aromatic rings. The fraction of sp³-hybridized carbons (Fsp3) is 0.571. The van der Waals surface area contributed by atoms with E-state index in [1.165, 1.54) is 25.3 Å². The van der Waals surface area contributed by atoms with E-state index in [-0.39, 0.29) is 11.4 Å². The van der Waals surface area contributed by atoms with Crippen LogP contribution in [0.15, 0.2) is 18.2 Å². The van der Waals surface area contributed by atoms with E-state index in [9.17, 15) is 10.1 Å². The van der Waals surface area contributed by atoms with Crippen LogP contribution in [0.5, 0.6) is 0 Å². The number of hydrogen-bond acceptors (Lipinski definition) is 5. The molecular weight excluding hydrogens is 256 g/mol. The van der Waals surface area contributed by atoms with Crippen LogP contribution >= 0.6 is 0 Å². The standard InChI is InChI=1S/C14H22N4O2/c1-11(17-7-3-2-4-8-17)10-16-12-5-6-14(18(19)20)13(15)9-12/h5-6,9,11,16H,2-4,7-8,10,15H2,1H3. The topological polar surface area (TPSA) is 84.4 Å². The summed E-state index contributed by atoms with van der Waals surface area (Å²) in [5, 5.41) is 14.0. The number of nitrogens with one attached hydrogen (secondary N) is 1. The third-order valence-corrected chi connectivity index (χ3v) is 3.84. The van der Waals surface area contributed by atoms with Crippen molar-refractivity contribution in [3.8, 4) is 0 Å². The van der Waals surface area contributed by atoms with E-state index >= 15 is 0 Å². The molecule has 1 atom stereocenters. The monoisotopic (exact) mass is 278 g/mol. The molecule has 0 radical (unpaired) electrons. The fourth-order valence-electron chi connectivity index (χ4n) is 2.58. The first-order valence-corrected chi connectivity index (χ1v) is 7.10. The summed E-state index contributed by atoms with van der Waals surface area (Å²) in [6.45, 7) is 5.33. The Hall–Kier alpha value is -1.82. The van der Waals surface area contributed by atoms with E-state index in [2.05, 4.69) is 17.1 Å². The normalized spacial score (nSPS) is 17.6. The molecule has 3 N–H and O–H groups in total. The summed E-state index contributed by atoms with van der Waals surface area (Å²) in [7, 11) is 0. The molecule has 0 aliphatic carbocycles. The second-order valence-electron chi connectivity index (χ2n) is 5.36. The molecule has 0 aromatic heterocycles. The molecule has 0 spiro atoms. The number of nitro groups is 1. The second-order valence-corrected chi connectivity index (χ2v) is 5.36. The molecule has 1 aliphatic rings. The maximum atomic E-state index is 10.7. The van der Waals surface area contributed by atoms with Gasteiger partial charge in [-0.25, -0.2) is 0 Å². The SMILES string of the molecule is CC(CNc1ccc([N+](=O)[O-])c(N)c1)N1CCCCC1. The van der Waals surface area contributed by atoms with Crippen molar-refractivity contribution < 1.29 is 4.92 Å². The molecule has 1 aromatic carbocycles. The summed E-state index contributed by atoms with van der Waals surface area (Å²) in [5.74, 6) is 0. The highest BCUT2D eigenvalue weighted by Gasteiger charge is 2.16. The Morgan fingerprint density at radius 1 is 1.40 bits per heavy atom. The van der Waals surface area contributed by atoms with Gasteiger partial charge in [0.05, 0.1) is 4.92 Å². The molecule has 20 heavy (non-hydrogen) atoms. The van der Waals surface area contributed by atoms with Gasteiger partial charge in [-0.3, -0.25) is 15.0 Å². The number of nitrogen functional groups attached to an aromatic ring is 1. The van der Waals surface area contributed by atoms with Crippen LogP contribution in [-0.2, 0) is 0 Å². The Morgan fingerprint density at radius 2 is 2.10 bits per heavy atom. The lowest BCUT2D eigenvalue weighted by Gasteiger charge is -2.32. The van der Waals surface area contributed by atoms with Gasteiger partial charge in [-0.15, -0.1) is 0 Å². The number of nitrogens with zero attached hydrogens (tertiary/aromatic N) is 2. The van der Waals surface area contributed by atoms with Crippen LogP contribution in [0, 0.1) is 10.1 Å². The molecule has 1 heterocycles. The van der Waals surface area contributed by atoms with Gasteiger partial charge in [0, 0.05) is 24.3 Å². The summed E-state index contributed by atoms with van der Waals surface area (Å²) in [6, 6.07) is 5.23. The first kappa shape index (κ1) is 14.6. The van der Waals surface area contributed by atoms with Gasteiger partial charge < -0.3 is 11.1 Å². The van der Waals surface area contributed by atoms with Crippen LogP contribution in [0.3, 0.4) is 0 Å². The molecule has 0 saturated carbocycles. The average Bonchev–Trinajstić information content (AvgIpc) is 2.45. The number of benzene rings is 1. The predicted molar refractivity (Wildman–Crippen MR) is 80.9 cm³/mol. The van der Waals surface area contributed by atoms with Gasteiger partial charge in [0.25, 0.3) is 5.69 Å². The number of piperidine rings is 1. The van der Waals surface area contributed by atoms with E-state index < -0.39 is 4.92 Å². The van der Waals surface area contributed by atoms with Crippen molar-refractivity contribution in [3.05, 3.63) is 28.3 Å². The molecule has 1 fully saturated rings. The lowest BCUT2D eigenvalue weighted by atomic mass is 10.1. The number of hydrogen-bond donors (Lipinski definition) is 2. The number of rotatable bonds is 5. The van der Waals surface area contributed by atoms with Crippen molar-refractivity contribution in [3.63, 3.8) is 0 Å². The highest BCUT2D eigenvalue weighted by Crippen LogP contribution is 2.24. The summed E-state index contributed by atoms with van der Waals surface area (Å²) < 4.78 is 0. The summed E-state index contributed by atoms with van der Waals surface area (Å²) in [4.78, 5) is 12.7. The van der Waals surface area contributed by atoms with Crippen molar-refractivity contribution in [2.75, 3.05) is 30.7 Å². The van der Waals surface area contributed by atoms with E-state index in [1.54, 1.807) is 12.1 Å². The molecule has 2 rings (SSSR count). The summed E-state index contributed by atoms with van der Waals surface area (Å²) in [5.41, 5.74) is 6.67. The average molecular weight is 278 g/mol. The van der Waals surface area contributed by atoms with Gasteiger partial charge >= 0.3 is 0 Å². The lowest BCUT2D eigenvalue weighted by molar-refractivity contribution is -0.383. The second kappa shape index (κ2) is 6.56. The minimum absolute atomic E-state index is 0.0420. The molecule has 0 bridgehead atoms. The van der Waals surface area contributed by atoms with Crippen LogP contribution in [0.4, 0.5) is 17.1 Å². The molecule has 6 heteroatoms. The van der Waals surface area contributed by atoms with Gasteiger partial charge in [0.1, 0.15) is 5.69 Å². The van der Waals surface area contributed by atoms with Crippen LogP contribution in [0.25, 0.3) is 0 Å². The lowest BCUT2D eigenvalue weighted by Crippen LogP contribution is -2.41. The van der Waals surface area contributed by atoms with Gasteiger partial charge in [-0.1, -0.05) is 6.42 Å². The van der Waals surface area contributed by atoms with Crippen molar-refractivity contribution in [1.29, 1.82) is 0 Å². The molecule has 110 valence electrons. The third-order valence-electron chi connectivity index (χ3n) is 3.84. The van der Waals surface area contributed by atoms with E-state index in [4.69, 9.17) is 5.73 Å². The molecule has 1 saturated heterocycles. The Morgan fingerprint density at radius 3 is 2.70 bits per heavy atom. The third kappa shape index (κ3) is 3.60. The first-order chi connectivity index (χ1) is 9.58. The van der Waals surface area contributed by atoms with Gasteiger partial charge in [-0.05, 0) is 45.0 Å². The number of anilines is 2. The van der Waals surface area contributed by atoms with Crippen LogP contribution in [0.2, 0.25) is 0 Å². The highest BCUT2D eigenvalue weighted by atomic mass is 16.6. The molecule has 0 amide bonds. The van der Waals surface area contributed by atoms with Crippen molar-refractivity contribution >= 4 is 17.1 Å². The minimum Gasteiger partial charge on any atom is -0.393 e.